The molecule has 0 aromatic heterocycles. The number of nitrogens with zero attached hydrogens (tertiary/aromatic N) is 1. The quantitative estimate of drug-likeness (QED) is 0.254. The van der Waals surface area contributed by atoms with Gasteiger partial charge in [0, 0.05) is 25.2 Å². The van der Waals surface area contributed by atoms with Crippen LogP contribution in [0.15, 0.2) is 60.7 Å². The first-order valence-corrected chi connectivity index (χ1v) is 14.1. The summed E-state index contributed by atoms with van der Waals surface area (Å²) in [5, 5.41) is 5.49. The number of ether oxygens (including phenoxy) is 1. The van der Waals surface area contributed by atoms with E-state index in [1.54, 1.807) is 11.9 Å². The van der Waals surface area contributed by atoms with Crippen molar-refractivity contribution in [2.24, 2.45) is 11.7 Å². The molecular formula is C33H45N3O3. The third-order valence-electron chi connectivity index (χ3n) is 6.76. The van der Waals surface area contributed by atoms with Gasteiger partial charge in [-0.2, -0.15) is 0 Å². The fourth-order valence-electron chi connectivity index (χ4n) is 4.52. The largest absolute Gasteiger partial charge is 0.444 e. The Hall–Kier alpha value is -3.38. The summed E-state index contributed by atoms with van der Waals surface area (Å²) in [5.41, 5.74) is 9.58. The number of hydrogen-bond acceptors (Lipinski definition) is 4. The first-order chi connectivity index (χ1) is 18.5. The van der Waals surface area contributed by atoms with Gasteiger partial charge in [0.25, 0.3) is 0 Å². The zero-order valence-corrected chi connectivity index (χ0v) is 24.3. The molecule has 3 aromatic rings. The van der Waals surface area contributed by atoms with Gasteiger partial charge in [0.2, 0.25) is 5.91 Å². The van der Waals surface area contributed by atoms with Crippen molar-refractivity contribution in [3.63, 3.8) is 0 Å². The zero-order chi connectivity index (χ0) is 28.4. The molecule has 39 heavy (non-hydrogen) atoms. The number of amides is 2. The lowest BCUT2D eigenvalue weighted by Gasteiger charge is -2.24. The number of aryl methyl sites for hydroxylation is 2. The molecule has 1 atom stereocenters. The van der Waals surface area contributed by atoms with Crippen LogP contribution >= 0.6 is 0 Å². The number of benzene rings is 3. The number of hydrogen-bond donors (Lipinski definition) is 2. The Balaban J connectivity index is 1.46. The molecule has 210 valence electrons. The molecule has 3 N–H and O–H groups in total. The first-order valence-electron chi connectivity index (χ1n) is 14.1. The number of anilines is 1. The summed E-state index contributed by atoms with van der Waals surface area (Å²) in [6.45, 7) is 8.93. The molecule has 0 aliphatic rings. The summed E-state index contributed by atoms with van der Waals surface area (Å²) < 4.78 is 5.39. The van der Waals surface area contributed by atoms with E-state index in [2.05, 4.69) is 41.7 Å². The molecule has 0 saturated carbocycles. The standard InChI is InChI=1S/C33H45N3O3/c1-24(21-27-12-16-28-22-26(9-6-7-19-34)11-15-29(28)23-27)31(37)35-30-17-13-25(14-18-30)10-8-20-36(5)32(38)39-33(2,3)4/h11-18,22-24H,6-10,19-21,34H2,1-5H3,(H,35,37)/t24-/m0/s1. The molecule has 3 aromatic carbocycles. The van der Waals surface area contributed by atoms with Crippen LogP contribution in [0.5, 0.6) is 0 Å². The second-order valence-electron chi connectivity index (χ2n) is 11.6. The summed E-state index contributed by atoms with van der Waals surface area (Å²) in [7, 11) is 1.76. The Kier molecular flexibility index (Phi) is 10.9. The predicted octanol–water partition coefficient (Wildman–Crippen LogP) is 6.74. The third kappa shape index (κ3) is 10.0. The molecule has 0 aliphatic heterocycles. The highest BCUT2D eigenvalue weighted by Gasteiger charge is 2.19. The van der Waals surface area contributed by atoms with E-state index < -0.39 is 5.60 Å². The zero-order valence-electron chi connectivity index (χ0n) is 24.3. The number of unbranched alkanes of at least 4 members (excludes halogenated alkanes) is 1. The van der Waals surface area contributed by atoms with Gasteiger partial charge < -0.3 is 20.7 Å². The van der Waals surface area contributed by atoms with Gasteiger partial charge >= 0.3 is 6.09 Å². The Labute approximate surface area is 233 Å². The van der Waals surface area contributed by atoms with Crippen LogP contribution in [0.25, 0.3) is 10.8 Å². The van der Waals surface area contributed by atoms with Gasteiger partial charge in [0.1, 0.15) is 5.60 Å². The minimum atomic E-state index is -0.493. The molecule has 0 fully saturated rings. The summed E-state index contributed by atoms with van der Waals surface area (Å²) in [6.07, 6.45) is 5.27. The number of nitrogens with two attached hydrogens (primary N) is 1. The first kappa shape index (κ1) is 30.2. The van der Waals surface area contributed by atoms with Crippen molar-refractivity contribution in [1.82, 2.24) is 4.90 Å². The minimum absolute atomic E-state index is 0.0112. The van der Waals surface area contributed by atoms with E-state index in [0.717, 1.165) is 55.5 Å². The van der Waals surface area contributed by atoms with Crippen molar-refractivity contribution in [3.05, 3.63) is 77.4 Å². The third-order valence-corrected chi connectivity index (χ3v) is 6.76. The molecule has 0 aliphatic carbocycles. The van der Waals surface area contributed by atoms with Crippen LogP contribution in [0.3, 0.4) is 0 Å². The maximum Gasteiger partial charge on any atom is 0.410 e. The van der Waals surface area contributed by atoms with Gasteiger partial charge in [0.05, 0.1) is 0 Å². The van der Waals surface area contributed by atoms with Crippen LogP contribution in [0.1, 0.15) is 63.6 Å². The van der Waals surface area contributed by atoms with Crippen LogP contribution in [-0.4, -0.2) is 42.6 Å². The smallest absolute Gasteiger partial charge is 0.410 e. The number of rotatable bonds is 12. The summed E-state index contributed by atoms with van der Waals surface area (Å²) in [4.78, 5) is 26.6. The van der Waals surface area contributed by atoms with Crippen molar-refractivity contribution < 1.29 is 14.3 Å². The average Bonchev–Trinajstić information content (AvgIpc) is 2.88. The maximum atomic E-state index is 12.9. The van der Waals surface area contributed by atoms with Crippen molar-refractivity contribution >= 4 is 28.5 Å². The summed E-state index contributed by atoms with van der Waals surface area (Å²) in [5.74, 6) is -0.141. The number of carbonyl (C=O) groups is 2. The number of carbonyl (C=O) groups excluding carboxylic acids is 2. The summed E-state index contributed by atoms with van der Waals surface area (Å²) in [6, 6.07) is 21.1. The molecule has 6 nitrogen and oxygen atoms in total. The highest BCUT2D eigenvalue weighted by Crippen LogP contribution is 2.22. The molecule has 6 heteroatoms. The Morgan fingerprint density at radius 1 is 0.872 bits per heavy atom. The van der Waals surface area contributed by atoms with Crippen molar-refractivity contribution in [2.75, 3.05) is 25.5 Å². The fraction of sp³-hybridized carbons (Fsp3) is 0.455. The van der Waals surface area contributed by atoms with Gasteiger partial charge in [0.15, 0.2) is 0 Å². The summed E-state index contributed by atoms with van der Waals surface area (Å²) >= 11 is 0. The number of nitrogens with one attached hydrogen (secondary N) is 1. The van der Waals surface area contributed by atoms with Crippen LogP contribution in [0, 0.1) is 5.92 Å². The van der Waals surface area contributed by atoms with E-state index in [-0.39, 0.29) is 17.9 Å². The number of fused-ring (bicyclic) bond motifs is 1. The second-order valence-corrected chi connectivity index (χ2v) is 11.6. The molecule has 0 heterocycles. The molecule has 0 bridgehead atoms. The topological polar surface area (TPSA) is 84.7 Å². The Bertz CT molecular complexity index is 1230. The van der Waals surface area contributed by atoms with Crippen molar-refractivity contribution in [3.8, 4) is 0 Å². The molecule has 0 unspecified atom stereocenters. The molecule has 0 saturated heterocycles. The monoisotopic (exact) mass is 531 g/mol. The van der Waals surface area contributed by atoms with Crippen LogP contribution in [0.2, 0.25) is 0 Å². The molecular weight excluding hydrogens is 486 g/mol. The molecule has 3 rings (SSSR count). The highest BCUT2D eigenvalue weighted by molar-refractivity contribution is 5.92. The van der Waals surface area contributed by atoms with E-state index >= 15 is 0 Å². The lowest BCUT2D eigenvalue weighted by atomic mass is 9.96. The lowest BCUT2D eigenvalue weighted by molar-refractivity contribution is -0.119. The Morgan fingerprint density at radius 3 is 2.10 bits per heavy atom. The Morgan fingerprint density at radius 2 is 1.46 bits per heavy atom. The average molecular weight is 532 g/mol. The lowest BCUT2D eigenvalue weighted by Crippen LogP contribution is -2.34. The minimum Gasteiger partial charge on any atom is -0.444 e. The second kappa shape index (κ2) is 14.1. The molecule has 0 radical (unpaired) electrons. The predicted molar refractivity (Wildman–Crippen MR) is 161 cm³/mol. The maximum absolute atomic E-state index is 12.9. The fourth-order valence-corrected chi connectivity index (χ4v) is 4.52. The van der Waals surface area contributed by atoms with Crippen LogP contribution in [-0.2, 0) is 28.8 Å². The van der Waals surface area contributed by atoms with E-state index in [1.165, 1.54) is 16.3 Å². The van der Waals surface area contributed by atoms with Gasteiger partial charge in [-0.25, -0.2) is 4.79 Å². The van der Waals surface area contributed by atoms with E-state index in [4.69, 9.17) is 10.5 Å². The van der Waals surface area contributed by atoms with Crippen molar-refractivity contribution in [2.45, 2.75) is 71.8 Å². The van der Waals surface area contributed by atoms with E-state index in [1.807, 2.05) is 52.0 Å². The normalized spacial score (nSPS) is 12.3. The molecule has 2 amide bonds. The van der Waals surface area contributed by atoms with Crippen molar-refractivity contribution in [1.29, 1.82) is 0 Å². The van der Waals surface area contributed by atoms with E-state index in [0.29, 0.717) is 13.0 Å². The highest BCUT2D eigenvalue weighted by atomic mass is 16.6. The van der Waals surface area contributed by atoms with Gasteiger partial charge in [-0.3, -0.25) is 4.79 Å². The van der Waals surface area contributed by atoms with Crippen LogP contribution in [0.4, 0.5) is 10.5 Å². The van der Waals surface area contributed by atoms with Gasteiger partial charge in [-0.15, -0.1) is 0 Å². The van der Waals surface area contributed by atoms with Gasteiger partial charge in [-0.1, -0.05) is 55.5 Å². The molecule has 0 spiro atoms. The van der Waals surface area contributed by atoms with E-state index in [9.17, 15) is 9.59 Å². The van der Waals surface area contributed by atoms with Crippen LogP contribution < -0.4 is 11.1 Å². The SMILES string of the molecule is C[C@@H](Cc1ccc2cc(CCCCN)ccc2c1)C(=O)Nc1ccc(CCCN(C)C(=O)OC(C)(C)C)cc1. The van der Waals surface area contributed by atoms with Gasteiger partial charge in [-0.05, 0) is 105 Å².